The molecule has 0 heterocycles. The van der Waals surface area contributed by atoms with Gasteiger partial charge in [-0.3, -0.25) is 5.43 Å². The molecule has 5 heteroatoms. The summed E-state index contributed by atoms with van der Waals surface area (Å²) in [4.78, 5) is 0. The standard InChI is InChI=1S/C17H27N3OS/c1-6-21-9-7-8-18-17(22)20-19-15(5)16-11-13(3)12(2)10-14(16)4/h10-11H,6-9H2,1-5H3,(H2,18,20,22)/b19-15-. The lowest BCUT2D eigenvalue weighted by Gasteiger charge is -2.11. The van der Waals surface area contributed by atoms with Crippen molar-refractivity contribution in [2.24, 2.45) is 5.10 Å². The zero-order chi connectivity index (χ0) is 16.5. The molecule has 0 radical (unpaired) electrons. The maximum absolute atomic E-state index is 5.27. The highest BCUT2D eigenvalue weighted by molar-refractivity contribution is 7.80. The molecule has 0 fully saturated rings. The summed E-state index contributed by atoms with van der Waals surface area (Å²) >= 11 is 5.21. The Morgan fingerprint density at radius 2 is 1.86 bits per heavy atom. The number of benzene rings is 1. The molecule has 122 valence electrons. The summed E-state index contributed by atoms with van der Waals surface area (Å²) in [5.74, 6) is 0. The molecule has 0 saturated carbocycles. The van der Waals surface area contributed by atoms with Gasteiger partial charge < -0.3 is 10.1 Å². The van der Waals surface area contributed by atoms with E-state index in [4.69, 9.17) is 17.0 Å². The van der Waals surface area contributed by atoms with Gasteiger partial charge in [0.2, 0.25) is 0 Å². The number of hydrogen-bond acceptors (Lipinski definition) is 3. The lowest BCUT2D eigenvalue weighted by atomic mass is 9.98. The minimum absolute atomic E-state index is 0.539. The van der Waals surface area contributed by atoms with E-state index in [2.05, 4.69) is 48.7 Å². The Kier molecular flexibility index (Phi) is 8.06. The van der Waals surface area contributed by atoms with E-state index in [0.29, 0.717) is 5.11 Å². The van der Waals surface area contributed by atoms with Crippen LogP contribution < -0.4 is 10.7 Å². The Balaban J connectivity index is 2.52. The first kappa shape index (κ1) is 18.6. The van der Waals surface area contributed by atoms with Gasteiger partial charge in [0, 0.05) is 25.3 Å². The molecule has 0 saturated heterocycles. The summed E-state index contributed by atoms with van der Waals surface area (Å²) in [7, 11) is 0. The zero-order valence-corrected chi connectivity index (χ0v) is 15.1. The lowest BCUT2D eigenvalue weighted by Crippen LogP contribution is -2.33. The number of hydrogen-bond donors (Lipinski definition) is 2. The van der Waals surface area contributed by atoms with Crippen LogP contribution in [0, 0.1) is 20.8 Å². The molecule has 1 aromatic carbocycles. The maximum atomic E-state index is 5.27. The van der Waals surface area contributed by atoms with E-state index in [1.165, 1.54) is 16.7 Å². The molecule has 0 unspecified atom stereocenters. The van der Waals surface area contributed by atoms with Crippen LogP contribution in [0.1, 0.15) is 42.5 Å². The summed E-state index contributed by atoms with van der Waals surface area (Å²) in [5, 5.41) is 8.03. The smallest absolute Gasteiger partial charge is 0.186 e. The number of thiocarbonyl (C=S) groups is 1. The summed E-state index contributed by atoms with van der Waals surface area (Å²) < 4.78 is 5.27. The van der Waals surface area contributed by atoms with Gasteiger partial charge in [0.15, 0.2) is 5.11 Å². The largest absolute Gasteiger partial charge is 0.382 e. The number of rotatable bonds is 7. The fourth-order valence-electron chi connectivity index (χ4n) is 2.11. The molecule has 22 heavy (non-hydrogen) atoms. The van der Waals surface area contributed by atoms with Crippen LogP contribution in [0.3, 0.4) is 0 Å². The Hall–Kier alpha value is -1.46. The van der Waals surface area contributed by atoms with Crippen molar-refractivity contribution in [2.45, 2.75) is 41.0 Å². The van der Waals surface area contributed by atoms with E-state index in [-0.39, 0.29) is 0 Å². The van der Waals surface area contributed by atoms with Gasteiger partial charge in [-0.1, -0.05) is 6.07 Å². The minimum Gasteiger partial charge on any atom is -0.382 e. The van der Waals surface area contributed by atoms with Crippen LogP contribution in [0.25, 0.3) is 0 Å². The predicted octanol–water partition coefficient (Wildman–Crippen LogP) is 3.23. The molecule has 0 spiro atoms. The predicted molar refractivity (Wildman–Crippen MR) is 97.7 cm³/mol. The molecule has 4 nitrogen and oxygen atoms in total. The third-order valence-electron chi connectivity index (χ3n) is 3.51. The highest BCUT2D eigenvalue weighted by atomic mass is 32.1. The van der Waals surface area contributed by atoms with Crippen LogP contribution in [-0.4, -0.2) is 30.6 Å². The lowest BCUT2D eigenvalue weighted by molar-refractivity contribution is 0.145. The van der Waals surface area contributed by atoms with E-state index >= 15 is 0 Å². The number of ether oxygens (including phenoxy) is 1. The van der Waals surface area contributed by atoms with Crippen molar-refractivity contribution in [3.63, 3.8) is 0 Å². The number of hydrazone groups is 1. The molecule has 1 aromatic rings. The summed E-state index contributed by atoms with van der Waals surface area (Å²) in [6.07, 6.45) is 0.925. The molecular weight excluding hydrogens is 294 g/mol. The SMILES string of the molecule is CCOCCCNC(=S)N/N=C(/C)c1cc(C)c(C)cc1C. The van der Waals surface area contributed by atoms with Gasteiger partial charge in [0.25, 0.3) is 0 Å². The van der Waals surface area contributed by atoms with E-state index < -0.39 is 0 Å². The number of aryl methyl sites for hydroxylation is 3. The molecule has 1 rings (SSSR count). The molecular formula is C17H27N3OS. The average molecular weight is 321 g/mol. The minimum atomic E-state index is 0.539. The van der Waals surface area contributed by atoms with Crippen molar-refractivity contribution in [1.82, 2.24) is 10.7 Å². The van der Waals surface area contributed by atoms with Crippen LogP contribution >= 0.6 is 12.2 Å². The second kappa shape index (κ2) is 9.54. The average Bonchev–Trinajstić information content (AvgIpc) is 2.48. The molecule has 2 N–H and O–H groups in total. The maximum Gasteiger partial charge on any atom is 0.186 e. The van der Waals surface area contributed by atoms with Crippen molar-refractivity contribution < 1.29 is 4.74 Å². The first-order valence-electron chi connectivity index (χ1n) is 7.69. The Morgan fingerprint density at radius 1 is 1.18 bits per heavy atom. The van der Waals surface area contributed by atoms with Gasteiger partial charge in [-0.05, 0) is 76.0 Å². The first-order valence-corrected chi connectivity index (χ1v) is 8.10. The van der Waals surface area contributed by atoms with Crippen LogP contribution in [0.4, 0.5) is 0 Å². The van der Waals surface area contributed by atoms with Gasteiger partial charge in [-0.15, -0.1) is 0 Å². The fourth-order valence-corrected chi connectivity index (χ4v) is 2.25. The van der Waals surface area contributed by atoms with Crippen LogP contribution in [0.2, 0.25) is 0 Å². The fraction of sp³-hybridized carbons (Fsp3) is 0.529. The highest BCUT2D eigenvalue weighted by Crippen LogP contribution is 2.15. The van der Waals surface area contributed by atoms with E-state index in [0.717, 1.165) is 37.5 Å². The normalized spacial score (nSPS) is 11.4. The summed E-state index contributed by atoms with van der Waals surface area (Å²) in [6, 6.07) is 4.36. The van der Waals surface area contributed by atoms with Crippen LogP contribution in [-0.2, 0) is 4.74 Å². The summed E-state index contributed by atoms with van der Waals surface area (Å²) in [6.45, 7) is 12.6. The molecule has 0 amide bonds. The second-order valence-corrected chi connectivity index (χ2v) is 5.78. The van der Waals surface area contributed by atoms with Crippen molar-refractivity contribution in [1.29, 1.82) is 0 Å². The van der Waals surface area contributed by atoms with Gasteiger partial charge in [-0.2, -0.15) is 5.10 Å². The number of nitrogens with one attached hydrogen (secondary N) is 2. The van der Waals surface area contributed by atoms with E-state index in [1.54, 1.807) is 0 Å². The van der Waals surface area contributed by atoms with Gasteiger partial charge in [-0.25, -0.2) is 0 Å². The quantitative estimate of drug-likeness (QED) is 0.350. The Bertz CT molecular complexity index is 541. The molecule has 0 aliphatic heterocycles. The van der Waals surface area contributed by atoms with Crippen molar-refractivity contribution in [3.8, 4) is 0 Å². The Morgan fingerprint density at radius 3 is 2.55 bits per heavy atom. The van der Waals surface area contributed by atoms with E-state index in [9.17, 15) is 0 Å². The zero-order valence-electron chi connectivity index (χ0n) is 14.2. The molecule has 0 atom stereocenters. The molecule has 0 aliphatic carbocycles. The first-order chi connectivity index (χ1) is 10.5. The highest BCUT2D eigenvalue weighted by Gasteiger charge is 2.05. The molecule has 0 bridgehead atoms. The Labute approximate surface area is 139 Å². The molecule has 0 aliphatic rings. The van der Waals surface area contributed by atoms with Gasteiger partial charge >= 0.3 is 0 Å². The molecule has 0 aromatic heterocycles. The summed E-state index contributed by atoms with van der Waals surface area (Å²) in [5.41, 5.74) is 8.77. The second-order valence-electron chi connectivity index (χ2n) is 5.37. The van der Waals surface area contributed by atoms with Crippen LogP contribution in [0.5, 0.6) is 0 Å². The van der Waals surface area contributed by atoms with Gasteiger partial charge in [0.05, 0.1) is 5.71 Å². The van der Waals surface area contributed by atoms with Gasteiger partial charge in [0.1, 0.15) is 0 Å². The van der Waals surface area contributed by atoms with Crippen molar-refractivity contribution >= 4 is 23.0 Å². The monoisotopic (exact) mass is 321 g/mol. The third kappa shape index (κ3) is 6.12. The van der Waals surface area contributed by atoms with E-state index in [1.807, 2.05) is 13.8 Å². The van der Waals surface area contributed by atoms with Crippen molar-refractivity contribution in [2.75, 3.05) is 19.8 Å². The van der Waals surface area contributed by atoms with Crippen LogP contribution in [0.15, 0.2) is 17.2 Å². The van der Waals surface area contributed by atoms with Crippen molar-refractivity contribution in [3.05, 3.63) is 34.4 Å². The third-order valence-corrected chi connectivity index (χ3v) is 3.75. The topological polar surface area (TPSA) is 45.6 Å². The number of nitrogens with zero attached hydrogens (tertiary/aromatic N) is 1.